The SMILES string of the molecule is Cc1nc2cc(-c3ccc(Cl)cc3)nn2c(NCCN)c1C. The molecule has 22 heavy (non-hydrogen) atoms. The topological polar surface area (TPSA) is 68.2 Å². The van der Waals surface area contributed by atoms with Crippen LogP contribution < -0.4 is 11.1 Å². The molecule has 6 heteroatoms. The van der Waals surface area contributed by atoms with Crippen LogP contribution in [0.4, 0.5) is 5.82 Å². The fraction of sp³-hybridized carbons (Fsp3) is 0.250. The van der Waals surface area contributed by atoms with Gasteiger partial charge >= 0.3 is 0 Å². The minimum Gasteiger partial charge on any atom is -0.368 e. The minimum absolute atomic E-state index is 0.563. The van der Waals surface area contributed by atoms with E-state index in [2.05, 4.69) is 15.4 Å². The van der Waals surface area contributed by atoms with Crippen molar-refractivity contribution < 1.29 is 0 Å². The molecule has 2 aromatic heterocycles. The van der Waals surface area contributed by atoms with Gasteiger partial charge in [-0.25, -0.2) is 4.98 Å². The lowest BCUT2D eigenvalue weighted by Crippen LogP contribution is -2.17. The van der Waals surface area contributed by atoms with Crippen LogP contribution in [-0.4, -0.2) is 27.7 Å². The molecular weight excluding hydrogens is 298 g/mol. The van der Waals surface area contributed by atoms with E-state index in [-0.39, 0.29) is 0 Å². The fourth-order valence-electron chi connectivity index (χ4n) is 2.36. The van der Waals surface area contributed by atoms with E-state index in [1.54, 1.807) is 0 Å². The molecule has 2 heterocycles. The molecule has 0 aliphatic heterocycles. The summed E-state index contributed by atoms with van der Waals surface area (Å²) in [4.78, 5) is 4.61. The summed E-state index contributed by atoms with van der Waals surface area (Å²) in [5.41, 5.74) is 10.3. The third-order valence-electron chi connectivity index (χ3n) is 3.66. The molecule has 3 rings (SSSR count). The number of halogens is 1. The van der Waals surface area contributed by atoms with Gasteiger partial charge in [0.15, 0.2) is 5.65 Å². The van der Waals surface area contributed by atoms with Crippen molar-refractivity contribution in [3.8, 4) is 11.3 Å². The average Bonchev–Trinajstić information content (AvgIpc) is 2.92. The first kappa shape index (κ1) is 14.8. The molecule has 0 fully saturated rings. The first-order valence-electron chi connectivity index (χ1n) is 7.17. The summed E-state index contributed by atoms with van der Waals surface area (Å²) in [6.45, 7) is 5.28. The molecule has 0 radical (unpaired) electrons. The van der Waals surface area contributed by atoms with Crippen molar-refractivity contribution in [3.05, 3.63) is 46.6 Å². The number of aryl methyl sites for hydroxylation is 1. The van der Waals surface area contributed by atoms with Crippen LogP contribution in [-0.2, 0) is 0 Å². The van der Waals surface area contributed by atoms with Crippen LogP contribution in [0, 0.1) is 13.8 Å². The van der Waals surface area contributed by atoms with E-state index in [1.165, 1.54) is 0 Å². The molecule has 3 aromatic rings. The number of hydrogen-bond acceptors (Lipinski definition) is 4. The van der Waals surface area contributed by atoms with Gasteiger partial charge in [-0.2, -0.15) is 9.61 Å². The molecular formula is C16H18ClN5. The number of hydrogen-bond donors (Lipinski definition) is 2. The highest BCUT2D eigenvalue weighted by atomic mass is 35.5. The number of anilines is 1. The highest BCUT2D eigenvalue weighted by Gasteiger charge is 2.13. The number of fused-ring (bicyclic) bond motifs is 1. The Morgan fingerprint density at radius 3 is 2.64 bits per heavy atom. The molecule has 0 spiro atoms. The molecule has 0 amide bonds. The van der Waals surface area contributed by atoms with Crippen molar-refractivity contribution in [2.24, 2.45) is 5.73 Å². The van der Waals surface area contributed by atoms with E-state index >= 15 is 0 Å². The Balaban J connectivity index is 2.14. The molecule has 0 aliphatic carbocycles. The number of aromatic nitrogens is 3. The Bertz CT molecular complexity index is 808. The largest absolute Gasteiger partial charge is 0.368 e. The summed E-state index contributed by atoms with van der Waals surface area (Å²) < 4.78 is 1.84. The Kier molecular flexibility index (Phi) is 4.00. The normalized spacial score (nSPS) is 11.1. The molecule has 0 unspecified atom stereocenters. The molecule has 0 bridgehead atoms. The lowest BCUT2D eigenvalue weighted by Gasteiger charge is -2.12. The van der Waals surface area contributed by atoms with Gasteiger partial charge in [0.05, 0.1) is 5.69 Å². The first-order valence-corrected chi connectivity index (χ1v) is 7.55. The van der Waals surface area contributed by atoms with Crippen LogP contribution in [0.2, 0.25) is 5.02 Å². The van der Waals surface area contributed by atoms with Crippen molar-refractivity contribution in [1.29, 1.82) is 0 Å². The van der Waals surface area contributed by atoms with E-state index in [0.29, 0.717) is 18.1 Å². The number of nitrogens with one attached hydrogen (secondary N) is 1. The summed E-state index contributed by atoms with van der Waals surface area (Å²) in [7, 11) is 0. The van der Waals surface area contributed by atoms with Crippen molar-refractivity contribution in [2.45, 2.75) is 13.8 Å². The van der Waals surface area contributed by atoms with Gasteiger partial charge in [0.25, 0.3) is 0 Å². The zero-order chi connectivity index (χ0) is 15.7. The lowest BCUT2D eigenvalue weighted by molar-refractivity contribution is 0.899. The first-order chi connectivity index (χ1) is 10.6. The maximum absolute atomic E-state index is 5.94. The Morgan fingerprint density at radius 1 is 1.23 bits per heavy atom. The summed E-state index contributed by atoms with van der Waals surface area (Å²) >= 11 is 5.94. The third-order valence-corrected chi connectivity index (χ3v) is 3.91. The fourth-order valence-corrected chi connectivity index (χ4v) is 2.49. The van der Waals surface area contributed by atoms with E-state index in [0.717, 1.165) is 34.0 Å². The molecule has 0 saturated heterocycles. The van der Waals surface area contributed by atoms with Gasteiger partial charge in [-0.3, -0.25) is 0 Å². The average molecular weight is 316 g/mol. The summed E-state index contributed by atoms with van der Waals surface area (Å²) in [6, 6.07) is 9.60. The van der Waals surface area contributed by atoms with Crippen LogP contribution in [0.15, 0.2) is 30.3 Å². The number of benzene rings is 1. The van der Waals surface area contributed by atoms with Crippen LogP contribution in [0.1, 0.15) is 11.3 Å². The highest BCUT2D eigenvalue weighted by Crippen LogP contribution is 2.25. The molecule has 0 saturated carbocycles. The van der Waals surface area contributed by atoms with Crippen LogP contribution in [0.25, 0.3) is 16.9 Å². The standard InChI is InChI=1S/C16H18ClN5/c1-10-11(2)20-15-9-14(12-3-5-13(17)6-4-12)21-22(15)16(10)19-8-7-18/h3-6,9,19H,7-8,18H2,1-2H3. The number of rotatable bonds is 4. The van der Waals surface area contributed by atoms with Crippen molar-refractivity contribution in [1.82, 2.24) is 14.6 Å². The second-order valence-corrected chi connectivity index (χ2v) is 5.63. The van der Waals surface area contributed by atoms with Gasteiger partial charge in [-0.15, -0.1) is 0 Å². The smallest absolute Gasteiger partial charge is 0.158 e. The van der Waals surface area contributed by atoms with Gasteiger partial charge in [-0.05, 0) is 26.0 Å². The molecule has 1 aromatic carbocycles. The van der Waals surface area contributed by atoms with Gasteiger partial charge in [0.1, 0.15) is 5.82 Å². The van der Waals surface area contributed by atoms with E-state index in [9.17, 15) is 0 Å². The number of nitrogens with zero attached hydrogens (tertiary/aromatic N) is 3. The van der Waals surface area contributed by atoms with Gasteiger partial charge < -0.3 is 11.1 Å². The van der Waals surface area contributed by atoms with Crippen molar-refractivity contribution >= 4 is 23.1 Å². The Labute approximate surface area is 134 Å². The number of nitrogens with two attached hydrogens (primary N) is 1. The predicted molar refractivity (Wildman–Crippen MR) is 90.5 cm³/mol. The van der Waals surface area contributed by atoms with Crippen molar-refractivity contribution in [3.63, 3.8) is 0 Å². The van der Waals surface area contributed by atoms with Gasteiger partial charge in [0, 0.05) is 41.0 Å². The van der Waals surface area contributed by atoms with Crippen molar-refractivity contribution in [2.75, 3.05) is 18.4 Å². The quantitative estimate of drug-likeness (QED) is 0.776. The maximum atomic E-state index is 5.94. The highest BCUT2D eigenvalue weighted by molar-refractivity contribution is 6.30. The minimum atomic E-state index is 0.563. The summed E-state index contributed by atoms with van der Waals surface area (Å²) in [5.74, 6) is 0.938. The zero-order valence-corrected chi connectivity index (χ0v) is 13.4. The summed E-state index contributed by atoms with van der Waals surface area (Å²) in [5, 5.41) is 8.72. The van der Waals surface area contributed by atoms with Crippen LogP contribution >= 0.6 is 11.6 Å². The predicted octanol–water partition coefficient (Wildman–Crippen LogP) is 3.04. The molecule has 5 nitrogen and oxygen atoms in total. The lowest BCUT2D eigenvalue weighted by atomic mass is 10.1. The second kappa shape index (κ2) is 5.94. The monoisotopic (exact) mass is 315 g/mol. The maximum Gasteiger partial charge on any atom is 0.158 e. The summed E-state index contributed by atoms with van der Waals surface area (Å²) in [6.07, 6.45) is 0. The second-order valence-electron chi connectivity index (χ2n) is 5.19. The van der Waals surface area contributed by atoms with Gasteiger partial charge in [-0.1, -0.05) is 23.7 Å². The van der Waals surface area contributed by atoms with Crippen LogP contribution in [0.5, 0.6) is 0 Å². The molecule has 0 atom stereocenters. The van der Waals surface area contributed by atoms with E-state index < -0.39 is 0 Å². The Hall–Kier alpha value is -2.11. The van der Waals surface area contributed by atoms with E-state index in [1.807, 2.05) is 48.7 Å². The molecule has 114 valence electrons. The molecule has 3 N–H and O–H groups in total. The Morgan fingerprint density at radius 2 is 1.95 bits per heavy atom. The molecule has 0 aliphatic rings. The zero-order valence-electron chi connectivity index (χ0n) is 12.6. The van der Waals surface area contributed by atoms with Gasteiger partial charge in [0.2, 0.25) is 0 Å². The third kappa shape index (κ3) is 2.65. The van der Waals surface area contributed by atoms with Crippen LogP contribution in [0.3, 0.4) is 0 Å². The van der Waals surface area contributed by atoms with E-state index in [4.69, 9.17) is 17.3 Å².